The molecule has 0 aliphatic carbocycles. The van der Waals surface area contributed by atoms with E-state index in [1.165, 1.54) is 4.90 Å². The zero-order valence-electron chi connectivity index (χ0n) is 7.54. The Labute approximate surface area is 87.3 Å². The summed E-state index contributed by atoms with van der Waals surface area (Å²) in [5.74, 6) is 0. The number of nitrogens with one attached hydrogen (secondary N) is 1. The highest BCUT2D eigenvalue weighted by atomic mass is 35.5. The first-order valence-corrected chi connectivity index (χ1v) is 5.32. The van der Waals surface area contributed by atoms with Gasteiger partial charge in [-0.05, 0) is 32.3 Å². The van der Waals surface area contributed by atoms with Gasteiger partial charge in [0.2, 0.25) is 0 Å². The Morgan fingerprint density at radius 3 is 2.92 bits per heavy atom. The van der Waals surface area contributed by atoms with Crippen LogP contribution in [-0.2, 0) is 0 Å². The third kappa shape index (κ3) is 1.77. The number of anilines is 1. The number of rotatable bonds is 1. The molecule has 0 bridgehead atoms. The molecule has 1 atom stereocenters. The molecule has 0 saturated heterocycles. The van der Waals surface area contributed by atoms with Gasteiger partial charge < -0.3 is 5.32 Å². The molecule has 0 saturated carbocycles. The van der Waals surface area contributed by atoms with Crippen LogP contribution in [0.2, 0.25) is 5.02 Å². The van der Waals surface area contributed by atoms with Crippen LogP contribution in [0.5, 0.6) is 0 Å². The lowest BCUT2D eigenvalue weighted by Gasteiger charge is -2.18. The lowest BCUT2D eigenvalue weighted by atomic mass is 10.3. The average Bonchev–Trinajstić information content (AvgIpc) is 2.46. The van der Waals surface area contributed by atoms with Crippen molar-refractivity contribution in [3.05, 3.63) is 23.2 Å². The monoisotopic (exact) mass is 214 g/mol. The predicted molar refractivity (Wildman–Crippen MR) is 58.4 cm³/mol. The van der Waals surface area contributed by atoms with E-state index < -0.39 is 0 Å². The lowest BCUT2D eigenvalue weighted by Crippen LogP contribution is -2.28. The van der Waals surface area contributed by atoms with Crippen LogP contribution in [0.1, 0.15) is 0 Å². The summed E-state index contributed by atoms with van der Waals surface area (Å²) in [5.41, 5.74) is 1.46. The molecule has 1 aliphatic heterocycles. The summed E-state index contributed by atoms with van der Waals surface area (Å²) in [6.07, 6.45) is 0. The summed E-state index contributed by atoms with van der Waals surface area (Å²) >= 11 is 7.70. The van der Waals surface area contributed by atoms with Crippen molar-refractivity contribution >= 4 is 29.1 Å². The number of halogens is 1. The zero-order valence-corrected chi connectivity index (χ0v) is 9.12. The van der Waals surface area contributed by atoms with Crippen LogP contribution < -0.4 is 5.32 Å². The zero-order chi connectivity index (χ0) is 9.42. The van der Waals surface area contributed by atoms with Crippen molar-refractivity contribution in [2.24, 2.45) is 0 Å². The van der Waals surface area contributed by atoms with E-state index in [9.17, 15) is 0 Å². The Hall–Kier alpha value is -0.380. The fraction of sp³-hybridized carbons (Fsp3) is 0.333. The van der Waals surface area contributed by atoms with Crippen molar-refractivity contribution in [1.82, 2.24) is 4.90 Å². The van der Waals surface area contributed by atoms with E-state index in [1.807, 2.05) is 23.9 Å². The summed E-state index contributed by atoms with van der Waals surface area (Å²) < 4.78 is 0. The minimum absolute atomic E-state index is 0.327. The lowest BCUT2D eigenvalue weighted by molar-refractivity contribution is 0.412. The molecule has 1 heterocycles. The number of benzene rings is 1. The van der Waals surface area contributed by atoms with Gasteiger partial charge in [-0.2, -0.15) is 0 Å². The molecule has 0 spiro atoms. The van der Waals surface area contributed by atoms with Crippen LogP contribution in [0.4, 0.5) is 5.69 Å². The maximum absolute atomic E-state index is 5.89. The Bertz CT molecular complexity index is 327. The second-order valence-corrected chi connectivity index (χ2v) is 4.78. The molecule has 0 amide bonds. The van der Waals surface area contributed by atoms with Crippen LogP contribution in [0.3, 0.4) is 0 Å². The van der Waals surface area contributed by atoms with Gasteiger partial charge in [0.1, 0.15) is 5.50 Å². The number of hydrogen-bond acceptors (Lipinski definition) is 3. The number of nitrogens with zero attached hydrogens (tertiary/aromatic N) is 1. The second-order valence-electron chi connectivity index (χ2n) is 3.22. The summed E-state index contributed by atoms with van der Waals surface area (Å²) in [5, 5.41) is 4.16. The Morgan fingerprint density at radius 1 is 1.46 bits per heavy atom. The quantitative estimate of drug-likeness (QED) is 0.774. The molecule has 1 N–H and O–H groups in total. The summed E-state index contributed by atoms with van der Waals surface area (Å²) in [7, 11) is 4.11. The first kappa shape index (κ1) is 9.19. The highest BCUT2D eigenvalue weighted by molar-refractivity contribution is 8.00. The predicted octanol–water partition coefficient (Wildman–Crippen LogP) is 2.70. The minimum atomic E-state index is 0.327. The number of fused-ring (bicyclic) bond motifs is 1. The van der Waals surface area contributed by atoms with E-state index in [-0.39, 0.29) is 0 Å². The fourth-order valence-electron chi connectivity index (χ4n) is 1.24. The highest BCUT2D eigenvalue weighted by Gasteiger charge is 2.22. The molecule has 2 rings (SSSR count). The fourth-order valence-corrected chi connectivity index (χ4v) is 2.44. The van der Waals surface area contributed by atoms with Crippen LogP contribution in [-0.4, -0.2) is 24.5 Å². The van der Waals surface area contributed by atoms with Gasteiger partial charge in [-0.25, -0.2) is 0 Å². The first-order valence-electron chi connectivity index (χ1n) is 4.06. The average molecular weight is 215 g/mol. The van der Waals surface area contributed by atoms with Crippen molar-refractivity contribution in [3.63, 3.8) is 0 Å². The molecule has 1 unspecified atom stereocenters. The highest BCUT2D eigenvalue weighted by Crippen LogP contribution is 2.40. The molecular weight excluding hydrogens is 204 g/mol. The molecule has 1 aromatic carbocycles. The Morgan fingerprint density at radius 2 is 2.23 bits per heavy atom. The van der Waals surface area contributed by atoms with Crippen LogP contribution >= 0.6 is 23.4 Å². The van der Waals surface area contributed by atoms with Gasteiger partial charge in [-0.1, -0.05) is 23.4 Å². The largest absolute Gasteiger partial charge is 0.360 e. The molecule has 1 aliphatic rings. The molecule has 2 nitrogen and oxygen atoms in total. The molecule has 0 fully saturated rings. The van der Waals surface area contributed by atoms with Crippen molar-refractivity contribution in [2.45, 2.75) is 10.4 Å². The van der Waals surface area contributed by atoms with Crippen molar-refractivity contribution in [1.29, 1.82) is 0 Å². The minimum Gasteiger partial charge on any atom is -0.360 e. The van der Waals surface area contributed by atoms with Crippen molar-refractivity contribution in [2.75, 3.05) is 19.4 Å². The van der Waals surface area contributed by atoms with E-state index in [0.29, 0.717) is 5.50 Å². The molecule has 1 aromatic rings. The van der Waals surface area contributed by atoms with Gasteiger partial charge in [0.05, 0.1) is 5.69 Å². The van der Waals surface area contributed by atoms with E-state index in [0.717, 1.165) is 10.7 Å². The van der Waals surface area contributed by atoms with E-state index in [1.54, 1.807) is 0 Å². The Kier molecular flexibility index (Phi) is 2.41. The molecule has 0 radical (unpaired) electrons. The standard InChI is InChI=1S/C9H11ClN2S/c1-12(2)9-11-7-5-6(10)3-4-8(7)13-9/h3-5,9,11H,1-2H3. The van der Waals surface area contributed by atoms with Gasteiger partial charge in [0.15, 0.2) is 0 Å². The van der Waals surface area contributed by atoms with E-state index in [4.69, 9.17) is 11.6 Å². The third-order valence-electron chi connectivity index (χ3n) is 1.93. The van der Waals surface area contributed by atoms with Gasteiger partial charge in [0, 0.05) is 9.92 Å². The van der Waals surface area contributed by atoms with E-state index >= 15 is 0 Å². The molecule has 0 aromatic heterocycles. The second kappa shape index (κ2) is 3.40. The molecular formula is C9H11ClN2S. The van der Waals surface area contributed by atoms with Crippen molar-refractivity contribution < 1.29 is 0 Å². The van der Waals surface area contributed by atoms with Crippen LogP contribution in [0.15, 0.2) is 23.1 Å². The topological polar surface area (TPSA) is 15.3 Å². The van der Waals surface area contributed by atoms with Gasteiger partial charge >= 0.3 is 0 Å². The summed E-state index contributed by atoms with van der Waals surface area (Å²) in [4.78, 5) is 3.40. The molecule has 13 heavy (non-hydrogen) atoms. The maximum Gasteiger partial charge on any atom is 0.132 e. The summed E-state index contributed by atoms with van der Waals surface area (Å²) in [6, 6.07) is 5.94. The van der Waals surface area contributed by atoms with Gasteiger partial charge in [-0.15, -0.1) is 0 Å². The van der Waals surface area contributed by atoms with Crippen LogP contribution in [0.25, 0.3) is 0 Å². The smallest absolute Gasteiger partial charge is 0.132 e. The van der Waals surface area contributed by atoms with E-state index in [2.05, 4.69) is 30.4 Å². The molecule has 70 valence electrons. The first-order chi connectivity index (χ1) is 6.16. The Balaban J connectivity index is 2.25. The SMILES string of the molecule is CN(C)C1Nc2cc(Cl)ccc2S1. The van der Waals surface area contributed by atoms with Crippen molar-refractivity contribution in [3.8, 4) is 0 Å². The maximum atomic E-state index is 5.89. The van der Waals surface area contributed by atoms with Gasteiger partial charge in [-0.3, -0.25) is 4.90 Å². The normalized spacial score (nSPS) is 20.2. The number of hydrogen-bond donors (Lipinski definition) is 1. The van der Waals surface area contributed by atoms with Crippen LogP contribution in [0, 0.1) is 0 Å². The van der Waals surface area contributed by atoms with Gasteiger partial charge in [0.25, 0.3) is 0 Å². The molecule has 4 heteroatoms. The third-order valence-corrected chi connectivity index (χ3v) is 3.54. The summed E-state index contributed by atoms with van der Waals surface area (Å²) in [6.45, 7) is 0. The number of thioether (sulfide) groups is 1.